The summed E-state index contributed by atoms with van der Waals surface area (Å²) >= 11 is 5.84. The van der Waals surface area contributed by atoms with E-state index in [1.165, 1.54) is 0 Å². The van der Waals surface area contributed by atoms with Gasteiger partial charge in [-0.1, -0.05) is 24.9 Å². The van der Waals surface area contributed by atoms with Crippen molar-refractivity contribution in [2.24, 2.45) is 0 Å². The van der Waals surface area contributed by atoms with Gasteiger partial charge in [-0.15, -0.1) is 0 Å². The van der Waals surface area contributed by atoms with Crippen LogP contribution in [0.1, 0.15) is 25.3 Å². The predicted octanol–water partition coefficient (Wildman–Crippen LogP) is 3.22. The first-order valence-electron chi connectivity index (χ1n) is 4.96. The summed E-state index contributed by atoms with van der Waals surface area (Å²) in [6.45, 7) is 3.78. The zero-order chi connectivity index (χ0) is 11.5. The Labute approximate surface area is 96.2 Å². The van der Waals surface area contributed by atoms with E-state index in [-0.39, 0.29) is 5.75 Å². The first-order valence-corrected chi connectivity index (χ1v) is 6.99. The molecule has 0 radical (unpaired) electrons. The van der Waals surface area contributed by atoms with Crippen LogP contribution in [-0.4, -0.2) is 14.2 Å². The molecule has 1 rings (SSSR count). The maximum Gasteiger partial charge on any atom is 0.178 e. The standard InChI is InChI=1S/C11H15ClO2S/c1-3-4-7-15(13,14)10-5-6-11(12)9(2)8-10/h5-6,8H,3-4,7H2,1-2H3. The number of unbranched alkanes of at least 4 members (excludes halogenated alkanes) is 1. The topological polar surface area (TPSA) is 34.1 Å². The van der Waals surface area contributed by atoms with Crippen LogP contribution in [-0.2, 0) is 9.84 Å². The first-order chi connectivity index (χ1) is 6.97. The largest absolute Gasteiger partial charge is 0.224 e. The Hall–Kier alpha value is -0.540. The summed E-state index contributed by atoms with van der Waals surface area (Å²) in [4.78, 5) is 0.373. The molecule has 0 atom stereocenters. The molecule has 2 nitrogen and oxygen atoms in total. The van der Waals surface area contributed by atoms with E-state index in [9.17, 15) is 8.42 Å². The van der Waals surface area contributed by atoms with E-state index >= 15 is 0 Å². The van der Waals surface area contributed by atoms with Gasteiger partial charge in [-0.05, 0) is 37.1 Å². The average molecular weight is 247 g/mol. The van der Waals surface area contributed by atoms with Crippen LogP contribution in [0.2, 0.25) is 5.02 Å². The third-order valence-electron chi connectivity index (χ3n) is 2.26. The average Bonchev–Trinajstić information content (AvgIpc) is 2.19. The van der Waals surface area contributed by atoms with Gasteiger partial charge >= 0.3 is 0 Å². The molecule has 0 amide bonds. The Bertz CT molecular complexity index is 438. The van der Waals surface area contributed by atoms with E-state index in [1.807, 2.05) is 6.92 Å². The fraction of sp³-hybridized carbons (Fsp3) is 0.455. The molecule has 0 unspecified atom stereocenters. The lowest BCUT2D eigenvalue weighted by molar-refractivity contribution is 0.592. The second-order valence-corrected chi connectivity index (χ2v) is 6.10. The minimum atomic E-state index is -3.12. The molecule has 0 bridgehead atoms. The lowest BCUT2D eigenvalue weighted by atomic mass is 10.2. The van der Waals surface area contributed by atoms with Gasteiger partial charge in [-0.2, -0.15) is 0 Å². The summed E-state index contributed by atoms with van der Waals surface area (Å²) in [6, 6.07) is 4.84. The van der Waals surface area contributed by atoms with Crippen molar-refractivity contribution in [1.29, 1.82) is 0 Å². The number of rotatable bonds is 4. The molecule has 1 aromatic carbocycles. The van der Waals surface area contributed by atoms with Gasteiger partial charge in [0, 0.05) is 5.02 Å². The summed E-state index contributed by atoms with van der Waals surface area (Å²) in [6.07, 6.45) is 1.58. The van der Waals surface area contributed by atoms with Crippen LogP contribution < -0.4 is 0 Å². The molecule has 0 aliphatic rings. The summed E-state index contributed by atoms with van der Waals surface area (Å²) < 4.78 is 23.6. The third-order valence-corrected chi connectivity index (χ3v) is 4.48. The second-order valence-electron chi connectivity index (χ2n) is 3.58. The molecule has 0 aromatic heterocycles. The van der Waals surface area contributed by atoms with Crippen molar-refractivity contribution in [2.75, 3.05) is 5.75 Å². The maximum atomic E-state index is 11.8. The van der Waals surface area contributed by atoms with E-state index < -0.39 is 9.84 Å². The zero-order valence-electron chi connectivity index (χ0n) is 8.96. The van der Waals surface area contributed by atoms with E-state index in [1.54, 1.807) is 25.1 Å². The van der Waals surface area contributed by atoms with Crippen LogP contribution in [0, 0.1) is 6.92 Å². The second kappa shape index (κ2) is 4.99. The highest BCUT2D eigenvalue weighted by Gasteiger charge is 2.14. The van der Waals surface area contributed by atoms with Gasteiger partial charge < -0.3 is 0 Å². The van der Waals surface area contributed by atoms with Crippen molar-refractivity contribution < 1.29 is 8.42 Å². The molecule has 0 N–H and O–H groups in total. The lowest BCUT2D eigenvalue weighted by Crippen LogP contribution is -2.06. The molecule has 84 valence electrons. The minimum Gasteiger partial charge on any atom is -0.224 e. The molecule has 0 heterocycles. The van der Waals surface area contributed by atoms with Crippen molar-refractivity contribution in [2.45, 2.75) is 31.6 Å². The molecule has 15 heavy (non-hydrogen) atoms. The van der Waals surface area contributed by atoms with Gasteiger partial charge in [0.05, 0.1) is 10.6 Å². The van der Waals surface area contributed by atoms with E-state index in [4.69, 9.17) is 11.6 Å². The molecule has 4 heteroatoms. The highest BCUT2D eigenvalue weighted by Crippen LogP contribution is 2.20. The summed E-state index contributed by atoms with van der Waals surface area (Å²) in [5.41, 5.74) is 0.800. The normalized spacial score (nSPS) is 11.7. The first kappa shape index (κ1) is 12.5. The van der Waals surface area contributed by atoms with Gasteiger partial charge in [0.2, 0.25) is 0 Å². The van der Waals surface area contributed by atoms with Crippen LogP contribution in [0.4, 0.5) is 0 Å². The Balaban J connectivity index is 3.00. The highest BCUT2D eigenvalue weighted by atomic mass is 35.5. The molecular weight excluding hydrogens is 232 g/mol. The van der Waals surface area contributed by atoms with Crippen LogP contribution in [0.5, 0.6) is 0 Å². The highest BCUT2D eigenvalue weighted by molar-refractivity contribution is 7.91. The van der Waals surface area contributed by atoms with Crippen LogP contribution in [0.25, 0.3) is 0 Å². The van der Waals surface area contributed by atoms with Crippen molar-refractivity contribution in [1.82, 2.24) is 0 Å². The predicted molar refractivity (Wildman–Crippen MR) is 63.1 cm³/mol. The van der Waals surface area contributed by atoms with E-state index in [2.05, 4.69) is 0 Å². The third kappa shape index (κ3) is 3.21. The van der Waals surface area contributed by atoms with Crippen LogP contribution >= 0.6 is 11.6 Å². The zero-order valence-corrected chi connectivity index (χ0v) is 10.5. The Morgan fingerprint density at radius 3 is 2.53 bits per heavy atom. The van der Waals surface area contributed by atoms with Crippen molar-refractivity contribution >= 4 is 21.4 Å². The minimum absolute atomic E-state index is 0.213. The molecule has 0 aliphatic carbocycles. The molecule has 0 spiro atoms. The van der Waals surface area contributed by atoms with Crippen molar-refractivity contribution in [3.8, 4) is 0 Å². The molecule has 0 saturated heterocycles. The quantitative estimate of drug-likeness (QED) is 0.818. The van der Waals surface area contributed by atoms with Gasteiger partial charge in [-0.25, -0.2) is 8.42 Å². The summed E-state index contributed by atoms with van der Waals surface area (Å²) in [7, 11) is -3.12. The number of benzene rings is 1. The smallest absolute Gasteiger partial charge is 0.178 e. The Morgan fingerprint density at radius 1 is 1.33 bits per heavy atom. The monoisotopic (exact) mass is 246 g/mol. The maximum absolute atomic E-state index is 11.8. The molecule has 0 saturated carbocycles. The van der Waals surface area contributed by atoms with Gasteiger partial charge in [0.15, 0.2) is 9.84 Å². The van der Waals surface area contributed by atoms with Crippen molar-refractivity contribution in [3.05, 3.63) is 28.8 Å². The van der Waals surface area contributed by atoms with Gasteiger partial charge in [-0.3, -0.25) is 0 Å². The van der Waals surface area contributed by atoms with E-state index in [0.717, 1.165) is 12.0 Å². The lowest BCUT2D eigenvalue weighted by Gasteiger charge is -2.05. The SMILES string of the molecule is CCCCS(=O)(=O)c1ccc(Cl)c(C)c1. The number of halogens is 1. The Kier molecular flexibility index (Phi) is 4.17. The number of hydrogen-bond donors (Lipinski definition) is 0. The Morgan fingerprint density at radius 2 is 2.00 bits per heavy atom. The van der Waals surface area contributed by atoms with Gasteiger partial charge in [0.25, 0.3) is 0 Å². The molecule has 1 aromatic rings. The van der Waals surface area contributed by atoms with Gasteiger partial charge in [0.1, 0.15) is 0 Å². The fourth-order valence-electron chi connectivity index (χ4n) is 1.26. The van der Waals surface area contributed by atoms with E-state index in [0.29, 0.717) is 16.3 Å². The van der Waals surface area contributed by atoms with Crippen LogP contribution in [0.15, 0.2) is 23.1 Å². The number of sulfone groups is 1. The molecular formula is C11H15ClO2S. The molecule has 0 fully saturated rings. The number of hydrogen-bond acceptors (Lipinski definition) is 2. The molecule has 0 aliphatic heterocycles. The summed E-state index contributed by atoms with van der Waals surface area (Å²) in [5.74, 6) is 0.213. The van der Waals surface area contributed by atoms with Crippen LogP contribution in [0.3, 0.4) is 0 Å². The fourth-order valence-corrected chi connectivity index (χ4v) is 2.92. The number of aryl methyl sites for hydroxylation is 1. The summed E-state index contributed by atoms with van der Waals surface area (Å²) in [5, 5.41) is 0.601. The van der Waals surface area contributed by atoms with Crippen molar-refractivity contribution in [3.63, 3.8) is 0 Å².